The summed E-state index contributed by atoms with van der Waals surface area (Å²) in [6.45, 7) is 0. The monoisotopic (exact) mass is 313 g/mol. The highest BCUT2D eigenvalue weighted by Gasteiger charge is 2.13. The molecule has 3 aromatic rings. The van der Waals surface area contributed by atoms with Crippen LogP contribution in [-0.4, -0.2) is 13.3 Å². The van der Waals surface area contributed by atoms with Crippen molar-refractivity contribution in [3.8, 4) is 0 Å². The first-order chi connectivity index (χ1) is 10.3. The summed E-state index contributed by atoms with van der Waals surface area (Å²) < 4.78 is 1.38. The quantitative estimate of drug-likeness (QED) is 0.656. The van der Waals surface area contributed by atoms with Gasteiger partial charge < -0.3 is 5.32 Å². The van der Waals surface area contributed by atoms with Gasteiger partial charge in [-0.15, -0.1) is 23.1 Å². The normalized spacial score (nSPS) is 12.7. The van der Waals surface area contributed by atoms with Gasteiger partial charge in [-0.05, 0) is 59.8 Å². The van der Waals surface area contributed by atoms with E-state index in [2.05, 4.69) is 65.5 Å². The summed E-state index contributed by atoms with van der Waals surface area (Å²) in [6.07, 6.45) is 3.14. The molecule has 0 saturated carbocycles. The maximum absolute atomic E-state index is 3.46. The highest BCUT2D eigenvalue weighted by Crippen LogP contribution is 2.29. The lowest BCUT2D eigenvalue weighted by molar-refractivity contribution is 0.594. The van der Waals surface area contributed by atoms with Crippen LogP contribution in [-0.2, 0) is 6.42 Å². The first-order valence-corrected chi connectivity index (χ1v) is 9.18. The van der Waals surface area contributed by atoms with Crippen LogP contribution in [0.5, 0.6) is 0 Å². The minimum absolute atomic E-state index is 0.360. The van der Waals surface area contributed by atoms with E-state index in [0.717, 1.165) is 6.42 Å². The van der Waals surface area contributed by atoms with E-state index in [9.17, 15) is 0 Å². The van der Waals surface area contributed by atoms with Crippen LogP contribution < -0.4 is 5.32 Å². The van der Waals surface area contributed by atoms with Crippen LogP contribution in [0.2, 0.25) is 0 Å². The number of thiophene rings is 1. The Kier molecular flexibility index (Phi) is 4.63. The first-order valence-electron chi connectivity index (χ1n) is 7.08. The Morgan fingerprint density at radius 3 is 2.57 bits per heavy atom. The van der Waals surface area contributed by atoms with Crippen molar-refractivity contribution in [1.29, 1.82) is 0 Å². The predicted octanol–water partition coefficient (Wildman–Crippen LogP) is 5.13. The van der Waals surface area contributed by atoms with E-state index < -0.39 is 0 Å². The summed E-state index contributed by atoms with van der Waals surface area (Å²) in [7, 11) is 2.04. The SMILES string of the molecule is CNC(Cc1csc2ccccc12)c1ccc(SC)cc1. The van der Waals surface area contributed by atoms with Crippen molar-refractivity contribution in [3.05, 3.63) is 65.0 Å². The van der Waals surface area contributed by atoms with E-state index in [1.54, 1.807) is 11.8 Å². The Hall–Kier alpha value is -1.29. The standard InChI is InChI=1S/C18H19NS2/c1-19-17(13-7-9-15(20-2)10-8-13)11-14-12-21-18-6-4-3-5-16(14)18/h3-10,12,17,19H,11H2,1-2H3. The van der Waals surface area contributed by atoms with Gasteiger partial charge in [-0.2, -0.15) is 0 Å². The maximum atomic E-state index is 3.46. The molecule has 0 aliphatic carbocycles. The summed E-state index contributed by atoms with van der Waals surface area (Å²) in [5.74, 6) is 0. The zero-order valence-electron chi connectivity index (χ0n) is 12.3. The van der Waals surface area contributed by atoms with Crippen molar-refractivity contribution in [2.24, 2.45) is 0 Å². The molecule has 1 atom stereocenters. The molecular weight excluding hydrogens is 294 g/mol. The molecule has 21 heavy (non-hydrogen) atoms. The average molecular weight is 313 g/mol. The van der Waals surface area contributed by atoms with Crippen LogP contribution in [0.3, 0.4) is 0 Å². The van der Waals surface area contributed by atoms with Crippen molar-refractivity contribution in [2.45, 2.75) is 17.4 Å². The highest BCUT2D eigenvalue weighted by atomic mass is 32.2. The zero-order valence-corrected chi connectivity index (χ0v) is 13.9. The molecule has 0 radical (unpaired) electrons. The molecule has 3 heteroatoms. The number of hydrogen-bond acceptors (Lipinski definition) is 3. The molecule has 1 nitrogen and oxygen atoms in total. The Labute approximate surface area is 134 Å². The first kappa shape index (κ1) is 14.6. The minimum atomic E-state index is 0.360. The van der Waals surface area contributed by atoms with E-state index in [0.29, 0.717) is 6.04 Å². The van der Waals surface area contributed by atoms with Gasteiger partial charge in [0.25, 0.3) is 0 Å². The van der Waals surface area contributed by atoms with Gasteiger partial charge in [0.1, 0.15) is 0 Å². The maximum Gasteiger partial charge on any atom is 0.0358 e. The van der Waals surface area contributed by atoms with E-state index in [1.165, 1.54) is 26.1 Å². The van der Waals surface area contributed by atoms with E-state index in [1.807, 2.05) is 18.4 Å². The lowest BCUT2D eigenvalue weighted by atomic mass is 9.99. The summed E-state index contributed by atoms with van der Waals surface area (Å²) in [5, 5.41) is 7.15. The van der Waals surface area contributed by atoms with Gasteiger partial charge >= 0.3 is 0 Å². The molecular formula is C18H19NS2. The number of thioether (sulfide) groups is 1. The van der Waals surface area contributed by atoms with Gasteiger partial charge in [-0.1, -0.05) is 30.3 Å². The molecule has 2 aromatic carbocycles. The Morgan fingerprint density at radius 2 is 1.86 bits per heavy atom. The minimum Gasteiger partial charge on any atom is -0.313 e. The number of hydrogen-bond donors (Lipinski definition) is 1. The van der Waals surface area contributed by atoms with Crippen LogP contribution >= 0.6 is 23.1 Å². The molecule has 0 saturated heterocycles. The lowest BCUT2D eigenvalue weighted by Gasteiger charge is -2.17. The Balaban J connectivity index is 1.86. The fourth-order valence-corrected chi connectivity index (χ4v) is 4.02. The molecule has 0 aliphatic heterocycles. The summed E-state index contributed by atoms with van der Waals surface area (Å²) >= 11 is 3.62. The lowest BCUT2D eigenvalue weighted by Crippen LogP contribution is -2.18. The molecule has 3 rings (SSSR count). The second-order valence-electron chi connectivity index (χ2n) is 5.08. The van der Waals surface area contributed by atoms with Crippen LogP contribution in [0.4, 0.5) is 0 Å². The van der Waals surface area contributed by atoms with Crippen LogP contribution in [0.1, 0.15) is 17.2 Å². The number of likely N-dealkylation sites (N-methyl/N-ethyl adjacent to an activating group) is 1. The second kappa shape index (κ2) is 6.65. The summed E-state index contributed by atoms with van der Waals surface area (Å²) in [4.78, 5) is 1.31. The van der Waals surface area contributed by atoms with Crippen LogP contribution in [0.25, 0.3) is 10.1 Å². The van der Waals surface area contributed by atoms with E-state index >= 15 is 0 Å². The topological polar surface area (TPSA) is 12.0 Å². The number of rotatable bonds is 5. The summed E-state index contributed by atoms with van der Waals surface area (Å²) in [6, 6.07) is 17.9. The van der Waals surface area contributed by atoms with Crippen molar-refractivity contribution < 1.29 is 0 Å². The highest BCUT2D eigenvalue weighted by molar-refractivity contribution is 7.98. The molecule has 0 amide bonds. The third kappa shape index (κ3) is 3.15. The number of nitrogens with one attached hydrogen (secondary N) is 1. The van der Waals surface area contributed by atoms with Gasteiger partial charge in [-0.3, -0.25) is 0 Å². The summed E-state index contributed by atoms with van der Waals surface area (Å²) in [5.41, 5.74) is 2.79. The largest absolute Gasteiger partial charge is 0.313 e. The molecule has 0 fully saturated rings. The van der Waals surface area contributed by atoms with E-state index in [-0.39, 0.29) is 0 Å². The fourth-order valence-electron chi connectivity index (χ4n) is 2.63. The fraction of sp³-hybridized carbons (Fsp3) is 0.222. The second-order valence-corrected chi connectivity index (χ2v) is 6.87. The molecule has 0 spiro atoms. The van der Waals surface area contributed by atoms with Crippen LogP contribution in [0, 0.1) is 0 Å². The van der Waals surface area contributed by atoms with Crippen molar-refractivity contribution >= 4 is 33.2 Å². The van der Waals surface area contributed by atoms with Gasteiger partial charge in [0.15, 0.2) is 0 Å². The van der Waals surface area contributed by atoms with Gasteiger partial charge in [0, 0.05) is 15.6 Å². The molecule has 1 unspecified atom stereocenters. The average Bonchev–Trinajstić information content (AvgIpc) is 2.96. The molecule has 108 valence electrons. The van der Waals surface area contributed by atoms with Crippen LogP contribution in [0.15, 0.2) is 58.8 Å². The zero-order chi connectivity index (χ0) is 14.7. The third-order valence-electron chi connectivity index (χ3n) is 3.85. The van der Waals surface area contributed by atoms with Crippen molar-refractivity contribution in [2.75, 3.05) is 13.3 Å². The van der Waals surface area contributed by atoms with Gasteiger partial charge in [0.05, 0.1) is 0 Å². The van der Waals surface area contributed by atoms with Gasteiger partial charge in [0.2, 0.25) is 0 Å². The van der Waals surface area contributed by atoms with Gasteiger partial charge in [-0.25, -0.2) is 0 Å². The Morgan fingerprint density at radius 1 is 1.10 bits per heavy atom. The van der Waals surface area contributed by atoms with E-state index in [4.69, 9.17) is 0 Å². The molecule has 0 aliphatic rings. The molecule has 1 aromatic heterocycles. The number of fused-ring (bicyclic) bond motifs is 1. The third-order valence-corrected chi connectivity index (χ3v) is 5.61. The predicted molar refractivity (Wildman–Crippen MR) is 95.6 cm³/mol. The van der Waals surface area contributed by atoms with Crippen molar-refractivity contribution in [1.82, 2.24) is 5.32 Å². The molecule has 0 bridgehead atoms. The smallest absolute Gasteiger partial charge is 0.0358 e. The number of benzene rings is 2. The Bertz CT molecular complexity index is 715. The molecule has 1 heterocycles. The molecule has 1 N–H and O–H groups in total. The van der Waals surface area contributed by atoms with Crippen molar-refractivity contribution in [3.63, 3.8) is 0 Å².